The molecule has 0 aromatic carbocycles. The minimum Gasteiger partial charge on any atom is -0.354 e. The van der Waals surface area contributed by atoms with Gasteiger partial charge in [0.15, 0.2) is 0 Å². The number of pyridine rings is 1. The molecular weight excluding hydrogens is 210 g/mol. The van der Waals surface area contributed by atoms with Gasteiger partial charge in [-0.2, -0.15) is 0 Å². The first-order chi connectivity index (χ1) is 8.27. The Labute approximate surface area is 105 Å². The lowest BCUT2D eigenvalue weighted by Gasteiger charge is -2.28. The van der Waals surface area contributed by atoms with E-state index in [0.717, 1.165) is 32.0 Å². The number of hydrogen-bond donors (Lipinski definition) is 1. The number of anilines is 1. The van der Waals surface area contributed by atoms with Crippen molar-refractivity contribution in [1.82, 2.24) is 10.3 Å². The van der Waals surface area contributed by atoms with Crippen molar-refractivity contribution >= 4 is 5.82 Å². The summed E-state index contributed by atoms with van der Waals surface area (Å²) in [5.41, 5.74) is 1.22. The smallest absolute Gasteiger partial charge is 0.128 e. The van der Waals surface area contributed by atoms with Gasteiger partial charge in [-0.25, -0.2) is 4.98 Å². The Morgan fingerprint density at radius 1 is 1.18 bits per heavy atom. The van der Waals surface area contributed by atoms with Gasteiger partial charge in [-0.05, 0) is 18.6 Å². The predicted molar refractivity (Wildman–Crippen MR) is 74.6 cm³/mol. The van der Waals surface area contributed by atoms with Crippen LogP contribution in [0.1, 0.15) is 32.3 Å². The molecule has 1 saturated heterocycles. The van der Waals surface area contributed by atoms with E-state index in [-0.39, 0.29) is 0 Å². The highest BCUT2D eigenvalue weighted by Crippen LogP contribution is 2.10. The van der Waals surface area contributed by atoms with Crippen molar-refractivity contribution in [3.8, 4) is 0 Å². The second kappa shape index (κ2) is 8.07. The molecule has 3 heteroatoms. The standard InChI is InChI=1S/C10H15N3.C4H10/c1-9-2-3-10(12-8-9)13-6-4-11-5-7-13;1-3-4-2/h2-3,8,11H,4-7H2,1H3;3-4H2,1-2H3. The molecule has 1 aliphatic rings. The fraction of sp³-hybridized carbons (Fsp3) is 0.643. The maximum absolute atomic E-state index is 4.40. The molecule has 2 rings (SSSR count). The lowest BCUT2D eigenvalue weighted by molar-refractivity contribution is 0.585. The molecule has 0 saturated carbocycles. The Morgan fingerprint density at radius 2 is 1.82 bits per heavy atom. The third kappa shape index (κ3) is 5.18. The first-order valence-electron chi connectivity index (χ1n) is 6.66. The molecule has 0 radical (unpaired) electrons. The van der Waals surface area contributed by atoms with Gasteiger partial charge < -0.3 is 10.2 Å². The third-order valence-electron chi connectivity index (χ3n) is 2.84. The molecule has 1 fully saturated rings. The molecule has 1 N–H and O–H groups in total. The first-order valence-corrected chi connectivity index (χ1v) is 6.66. The van der Waals surface area contributed by atoms with E-state index in [2.05, 4.69) is 48.1 Å². The number of rotatable bonds is 2. The molecule has 1 aromatic heterocycles. The normalized spacial score (nSPS) is 15.1. The number of unbranched alkanes of at least 4 members (excludes halogenated alkanes) is 1. The van der Waals surface area contributed by atoms with E-state index in [4.69, 9.17) is 0 Å². The zero-order valence-electron chi connectivity index (χ0n) is 11.4. The van der Waals surface area contributed by atoms with Gasteiger partial charge in [0.05, 0.1) is 0 Å². The number of nitrogens with zero attached hydrogens (tertiary/aromatic N) is 2. The summed E-state index contributed by atoms with van der Waals surface area (Å²) in [7, 11) is 0. The summed E-state index contributed by atoms with van der Waals surface area (Å²) in [5.74, 6) is 1.10. The Bertz CT molecular complexity index is 287. The Morgan fingerprint density at radius 3 is 2.29 bits per heavy atom. The first kappa shape index (κ1) is 14.0. The fourth-order valence-corrected chi connectivity index (χ4v) is 1.54. The van der Waals surface area contributed by atoms with Crippen LogP contribution in [0.5, 0.6) is 0 Å². The van der Waals surface area contributed by atoms with E-state index in [1.807, 2.05) is 6.20 Å². The summed E-state index contributed by atoms with van der Waals surface area (Å²) < 4.78 is 0. The number of piperazine rings is 1. The summed E-state index contributed by atoms with van der Waals surface area (Å²) in [5, 5.41) is 3.33. The van der Waals surface area contributed by atoms with Gasteiger partial charge in [0.2, 0.25) is 0 Å². The van der Waals surface area contributed by atoms with Crippen LogP contribution in [0.2, 0.25) is 0 Å². The van der Waals surface area contributed by atoms with Crippen LogP contribution in [-0.2, 0) is 0 Å². The van der Waals surface area contributed by atoms with Crippen LogP contribution in [0, 0.1) is 6.92 Å². The molecule has 3 nitrogen and oxygen atoms in total. The van der Waals surface area contributed by atoms with Gasteiger partial charge in [-0.15, -0.1) is 0 Å². The van der Waals surface area contributed by atoms with Crippen LogP contribution in [0.3, 0.4) is 0 Å². The lowest BCUT2D eigenvalue weighted by Crippen LogP contribution is -2.43. The molecule has 0 amide bonds. The van der Waals surface area contributed by atoms with Crippen molar-refractivity contribution in [3.63, 3.8) is 0 Å². The number of nitrogens with one attached hydrogen (secondary N) is 1. The van der Waals surface area contributed by atoms with Gasteiger partial charge in [-0.3, -0.25) is 0 Å². The van der Waals surface area contributed by atoms with Crippen LogP contribution in [0.15, 0.2) is 18.3 Å². The maximum atomic E-state index is 4.40. The van der Waals surface area contributed by atoms with Crippen molar-refractivity contribution in [2.45, 2.75) is 33.6 Å². The zero-order chi connectivity index (χ0) is 12.5. The average molecular weight is 235 g/mol. The Kier molecular flexibility index (Phi) is 6.63. The van der Waals surface area contributed by atoms with E-state index in [0.29, 0.717) is 0 Å². The molecule has 1 aromatic rings. The molecule has 2 heterocycles. The van der Waals surface area contributed by atoms with E-state index < -0.39 is 0 Å². The van der Waals surface area contributed by atoms with E-state index in [1.54, 1.807) is 0 Å². The van der Waals surface area contributed by atoms with Crippen molar-refractivity contribution in [2.75, 3.05) is 31.1 Å². The van der Waals surface area contributed by atoms with Crippen LogP contribution in [0.4, 0.5) is 5.82 Å². The predicted octanol–water partition coefficient (Wildman–Crippen LogP) is 2.61. The number of aromatic nitrogens is 1. The molecule has 1 aliphatic heterocycles. The van der Waals surface area contributed by atoms with Gasteiger partial charge in [0, 0.05) is 32.4 Å². The van der Waals surface area contributed by atoms with E-state index in [9.17, 15) is 0 Å². The lowest BCUT2D eigenvalue weighted by atomic mass is 10.3. The molecule has 0 unspecified atom stereocenters. The van der Waals surface area contributed by atoms with Crippen LogP contribution in [0.25, 0.3) is 0 Å². The quantitative estimate of drug-likeness (QED) is 0.854. The Balaban J connectivity index is 0.000000317. The van der Waals surface area contributed by atoms with Crippen molar-refractivity contribution in [3.05, 3.63) is 23.9 Å². The van der Waals surface area contributed by atoms with Gasteiger partial charge in [-0.1, -0.05) is 32.8 Å². The van der Waals surface area contributed by atoms with Crippen LogP contribution >= 0.6 is 0 Å². The largest absolute Gasteiger partial charge is 0.354 e. The molecule has 17 heavy (non-hydrogen) atoms. The van der Waals surface area contributed by atoms with E-state index in [1.165, 1.54) is 18.4 Å². The van der Waals surface area contributed by atoms with Crippen molar-refractivity contribution < 1.29 is 0 Å². The summed E-state index contributed by atoms with van der Waals surface area (Å²) in [6.45, 7) is 10.7. The van der Waals surface area contributed by atoms with Gasteiger partial charge in [0.25, 0.3) is 0 Å². The number of aryl methyl sites for hydroxylation is 1. The van der Waals surface area contributed by atoms with Crippen molar-refractivity contribution in [1.29, 1.82) is 0 Å². The number of hydrogen-bond acceptors (Lipinski definition) is 3. The van der Waals surface area contributed by atoms with Crippen molar-refractivity contribution in [2.24, 2.45) is 0 Å². The highest BCUT2D eigenvalue weighted by atomic mass is 15.2. The minimum absolute atomic E-state index is 1.07. The highest BCUT2D eigenvalue weighted by Gasteiger charge is 2.10. The average Bonchev–Trinajstić information content (AvgIpc) is 2.41. The molecular formula is C14H25N3. The highest BCUT2D eigenvalue weighted by molar-refractivity contribution is 5.39. The van der Waals surface area contributed by atoms with Gasteiger partial charge in [0.1, 0.15) is 5.82 Å². The second-order valence-electron chi connectivity index (χ2n) is 4.43. The Hall–Kier alpha value is -1.09. The second-order valence-corrected chi connectivity index (χ2v) is 4.43. The fourth-order valence-electron chi connectivity index (χ4n) is 1.54. The summed E-state index contributed by atoms with van der Waals surface area (Å²) in [6.07, 6.45) is 4.57. The summed E-state index contributed by atoms with van der Waals surface area (Å²) >= 11 is 0. The van der Waals surface area contributed by atoms with Gasteiger partial charge >= 0.3 is 0 Å². The molecule has 96 valence electrons. The monoisotopic (exact) mass is 235 g/mol. The summed E-state index contributed by atoms with van der Waals surface area (Å²) in [6, 6.07) is 4.21. The summed E-state index contributed by atoms with van der Waals surface area (Å²) in [4.78, 5) is 6.72. The van der Waals surface area contributed by atoms with Crippen LogP contribution in [-0.4, -0.2) is 31.2 Å². The zero-order valence-corrected chi connectivity index (χ0v) is 11.4. The molecule has 0 bridgehead atoms. The molecule has 0 aliphatic carbocycles. The molecule has 0 spiro atoms. The topological polar surface area (TPSA) is 28.2 Å². The minimum atomic E-state index is 1.07. The maximum Gasteiger partial charge on any atom is 0.128 e. The third-order valence-corrected chi connectivity index (χ3v) is 2.84. The molecule has 0 atom stereocenters. The van der Waals surface area contributed by atoms with Crippen LogP contribution < -0.4 is 10.2 Å². The van der Waals surface area contributed by atoms with E-state index >= 15 is 0 Å². The SMILES string of the molecule is CCCC.Cc1ccc(N2CCNCC2)nc1.